The van der Waals surface area contributed by atoms with E-state index in [2.05, 4.69) is 36.2 Å². The summed E-state index contributed by atoms with van der Waals surface area (Å²) in [5.74, 6) is 0.761. The number of nitrogens with one attached hydrogen (secondary N) is 4. The van der Waals surface area contributed by atoms with Crippen LogP contribution in [-0.4, -0.2) is 54.7 Å². The Morgan fingerprint density at radius 3 is 2.44 bits per heavy atom. The number of hydrogen-bond acceptors (Lipinski definition) is 9. The van der Waals surface area contributed by atoms with Crippen LogP contribution in [0.5, 0.6) is 0 Å². The highest BCUT2D eigenvalue weighted by Gasteiger charge is 2.10. The summed E-state index contributed by atoms with van der Waals surface area (Å²) in [6.45, 7) is 5.18. The maximum atomic E-state index is 12.3. The molecule has 6 N–H and O–H groups in total. The lowest BCUT2D eigenvalue weighted by Gasteiger charge is -2.15. The van der Waals surface area contributed by atoms with Crippen molar-refractivity contribution in [2.24, 2.45) is 10.7 Å². The standard InChI is InChI=1S/C27H33N9O.C2H6/c1-29-19-24(16-28)34-27-31-18-20(17-30-21-9-5-4-6-10-21)26(35-27)33-23-12-7-11-22(15-23)32-25(37)13-8-14-36(2)3;1-2/h4-13,15-16,18-19,30H,14,17,28H2,1-3H3,(H,32,37)(H2,31,33,34,35);1-2H3/b13-8+,24-16+,29-19?;. The lowest BCUT2D eigenvalue weighted by molar-refractivity contribution is -0.111. The van der Waals surface area contributed by atoms with Crippen molar-refractivity contribution in [3.8, 4) is 0 Å². The first-order valence-corrected chi connectivity index (χ1v) is 12.7. The molecule has 206 valence electrons. The van der Waals surface area contributed by atoms with Crippen molar-refractivity contribution >= 4 is 41.0 Å². The number of amides is 1. The fourth-order valence-electron chi connectivity index (χ4n) is 3.21. The molecular formula is C29H39N9O. The molecule has 0 bridgehead atoms. The molecule has 3 aromatic rings. The van der Waals surface area contributed by atoms with Crippen LogP contribution in [0.4, 0.5) is 28.8 Å². The molecule has 0 aliphatic carbocycles. The van der Waals surface area contributed by atoms with E-state index in [0.29, 0.717) is 36.2 Å². The van der Waals surface area contributed by atoms with Crippen LogP contribution in [0.15, 0.2) is 89.8 Å². The number of nitrogens with two attached hydrogens (primary N) is 1. The third-order valence-electron chi connectivity index (χ3n) is 4.96. The van der Waals surface area contributed by atoms with Gasteiger partial charge in [0, 0.05) is 67.5 Å². The molecule has 0 unspecified atom stereocenters. The number of rotatable bonds is 12. The summed E-state index contributed by atoms with van der Waals surface area (Å²) in [4.78, 5) is 27.3. The zero-order valence-corrected chi connectivity index (χ0v) is 23.3. The number of allylic oxidation sites excluding steroid dienone is 1. The molecule has 1 aromatic heterocycles. The van der Waals surface area contributed by atoms with Gasteiger partial charge in [0.05, 0.1) is 5.70 Å². The number of carbonyl (C=O) groups is 1. The second kappa shape index (κ2) is 16.9. The van der Waals surface area contributed by atoms with E-state index in [9.17, 15) is 4.79 Å². The predicted octanol–water partition coefficient (Wildman–Crippen LogP) is 4.83. The molecule has 0 radical (unpaired) electrons. The normalized spacial score (nSPS) is 11.3. The monoisotopic (exact) mass is 529 g/mol. The number of nitrogens with zero attached hydrogens (tertiary/aromatic N) is 4. The Morgan fingerprint density at radius 2 is 1.74 bits per heavy atom. The number of anilines is 5. The number of aliphatic imine (C=N–C) groups is 1. The predicted molar refractivity (Wildman–Crippen MR) is 164 cm³/mol. The second-order valence-corrected chi connectivity index (χ2v) is 8.28. The van der Waals surface area contributed by atoms with Gasteiger partial charge in [-0.1, -0.05) is 44.2 Å². The molecule has 1 amide bonds. The summed E-state index contributed by atoms with van der Waals surface area (Å²) in [7, 11) is 5.54. The fraction of sp³-hybridized carbons (Fsp3) is 0.241. The van der Waals surface area contributed by atoms with E-state index in [1.54, 1.807) is 19.5 Å². The van der Waals surface area contributed by atoms with Crippen molar-refractivity contribution in [1.29, 1.82) is 0 Å². The van der Waals surface area contributed by atoms with Gasteiger partial charge in [0.15, 0.2) is 0 Å². The van der Waals surface area contributed by atoms with E-state index in [0.717, 1.165) is 16.9 Å². The molecule has 1 heterocycles. The Kier molecular flexibility index (Phi) is 13.3. The largest absolute Gasteiger partial charge is 0.403 e. The first-order valence-electron chi connectivity index (χ1n) is 12.7. The van der Waals surface area contributed by atoms with Crippen LogP contribution in [-0.2, 0) is 11.3 Å². The number of aromatic nitrogens is 2. The van der Waals surface area contributed by atoms with Crippen molar-refractivity contribution in [3.63, 3.8) is 0 Å². The summed E-state index contributed by atoms with van der Waals surface area (Å²) in [6, 6.07) is 17.3. The van der Waals surface area contributed by atoms with E-state index in [1.165, 1.54) is 12.3 Å². The van der Waals surface area contributed by atoms with Gasteiger partial charge in [0.25, 0.3) is 0 Å². The zero-order chi connectivity index (χ0) is 28.5. The summed E-state index contributed by atoms with van der Waals surface area (Å²) in [6.07, 6.45) is 8.06. The number of likely N-dealkylation sites (N-methyl/N-ethyl adjacent to an activating group) is 1. The molecule has 39 heavy (non-hydrogen) atoms. The Bertz CT molecular complexity index is 1250. The first kappa shape index (κ1) is 30.5. The highest BCUT2D eigenvalue weighted by atomic mass is 16.1. The maximum Gasteiger partial charge on any atom is 0.248 e. The van der Waals surface area contributed by atoms with Crippen LogP contribution in [0.25, 0.3) is 0 Å². The van der Waals surface area contributed by atoms with Gasteiger partial charge in [-0.25, -0.2) is 4.98 Å². The summed E-state index contributed by atoms with van der Waals surface area (Å²) in [5, 5.41) is 12.7. The number of hydrogen-bond donors (Lipinski definition) is 5. The van der Waals surface area contributed by atoms with Crippen LogP contribution in [0, 0.1) is 0 Å². The molecule has 2 aromatic carbocycles. The van der Waals surface area contributed by atoms with E-state index in [-0.39, 0.29) is 5.91 Å². The van der Waals surface area contributed by atoms with Gasteiger partial charge >= 0.3 is 0 Å². The van der Waals surface area contributed by atoms with Gasteiger partial charge in [-0.05, 0) is 44.4 Å². The van der Waals surface area contributed by atoms with Gasteiger partial charge in [0.1, 0.15) is 5.82 Å². The van der Waals surface area contributed by atoms with Crippen LogP contribution in [0.2, 0.25) is 0 Å². The van der Waals surface area contributed by atoms with Crippen LogP contribution in [0.3, 0.4) is 0 Å². The topological polar surface area (TPSA) is 133 Å². The zero-order valence-electron chi connectivity index (χ0n) is 23.3. The highest BCUT2D eigenvalue weighted by molar-refractivity contribution is 5.99. The molecule has 0 fully saturated rings. The minimum absolute atomic E-state index is 0.195. The molecule has 0 aliphatic rings. The molecule has 3 rings (SSSR count). The average molecular weight is 530 g/mol. The van der Waals surface area contributed by atoms with Gasteiger partial charge in [0.2, 0.25) is 11.9 Å². The second-order valence-electron chi connectivity index (χ2n) is 8.28. The SMILES string of the molecule is CC.CN=C/C(=C\N)Nc1ncc(CNc2ccccc2)c(Nc2cccc(NC(=O)/C=C/CN(C)C)c2)n1. The molecule has 10 heteroatoms. The van der Waals surface area contributed by atoms with Crippen molar-refractivity contribution in [2.45, 2.75) is 20.4 Å². The lowest BCUT2D eigenvalue weighted by atomic mass is 10.2. The third-order valence-corrected chi connectivity index (χ3v) is 4.96. The van der Waals surface area contributed by atoms with E-state index >= 15 is 0 Å². The van der Waals surface area contributed by atoms with Gasteiger partial charge in [-0.2, -0.15) is 4.98 Å². The van der Waals surface area contributed by atoms with E-state index < -0.39 is 0 Å². The minimum Gasteiger partial charge on any atom is -0.403 e. The van der Waals surface area contributed by atoms with Gasteiger partial charge < -0.3 is 31.9 Å². The van der Waals surface area contributed by atoms with Crippen LogP contribution in [0.1, 0.15) is 19.4 Å². The Morgan fingerprint density at radius 1 is 1.03 bits per heavy atom. The van der Waals surface area contributed by atoms with E-state index in [1.807, 2.05) is 93.5 Å². The molecular weight excluding hydrogens is 490 g/mol. The molecule has 0 saturated carbocycles. The number of benzene rings is 2. The molecule has 0 aliphatic heterocycles. The molecule has 0 atom stereocenters. The summed E-state index contributed by atoms with van der Waals surface area (Å²) >= 11 is 0. The quantitative estimate of drug-likeness (QED) is 0.167. The lowest BCUT2D eigenvalue weighted by Crippen LogP contribution is -2.13. The van der Waals surface area contributed by atoms with Crippen LogP contribution < -0.4 is 27.0 Å². The van der Waals surface area contributed by atoms with Gasteiger partial charge in [-0.15, -0.1) is 0 Å². The molecule has 0 spiro atoms. The Balaban J connectivity index is 0.00000260. The van der Waals surface area contributed by atoms with Crippen molar-refractivity contribution in [2.75, 3.05) is 49.0 Å². The van der Waals surface area contributed by atoms with Crippen molar-refractivity contribution in [3.05, 3.63) is 90.4 Å². The smallest absolute Gasteiger partial charge is 0.248 e. The van der Waals surface area contributed by atoms with Crippen LogP contribution >= 0.6 is 0 Å². The Labute approximate surface area is 231 Å². The number of para-hydroxylation sites is 1. The molecule has 10 nitrogen and oxygen atoms in total. The minimum atomic E-state index is -0.195. The highest BCUT2D eigenvalue weighted by Crippen LogP contribution is 2.23. The van der Waals surface area contributed by atoms with E-state index in [4.69, 9.17) is 5.73 Å². The average Bonchev–Trinajstić information content (AvgIpc) is 2.94. The van der Waals surface area contributed by atoms with Crippen molar-refractivity contribution < 1.29 is 4.79 Å². The summed E-state index contributed by atoms with van der Waals surface area (Å²) in [5.41, 5.74) is 9.48. The first-order chi connectivity index (χ1) is 19.0. The van der Waals surface area contributed by atoms with Gasteiger partial charge in [-0.3, -0.25) is 9.79 Å². The third kappa shape index (κ3) is 11.1. The maximum absolute atomic E-state index is 12.3. The van der Waals surface area contributed by atoms with Crippen molar-refractivity contribution in [1.82, 2.24) is 14.9 Å². The molecule has 0 saturated heterocycles. The fourth-order valence-corrected chi connectivity index (χ4v) is 3.21. The summed E-state index contributed by atoms with van der Waals surface area (Å²) < 4.78 is 0. The Hall–Kier alpha value is -4.70. The number of carbonyl (C=O) groups excluding carboxylic acids is 1.